The average molecular weight is 240 g/mol. The molecule has 1 aliphatic rings. The molecule has 88 valence electrons. The van der Waals surface area contributed by atoms with Gasteiger partial charge in [0, 0.05) is 12.2 Å². The van der Waals surface area contributed by atoms with Crippen molar-refractivity contribution in [1.29, 1.82) is 0 Å². The molecule has 1 aromatic rings. The van der Waals surface area contributed by atoms with E-state index >= 15 is 0 Å². The first-order valence-electron chi connectivity index (χ1n) is 5.85. The monoisotopic (exact) mass is 239 g/mol. The maximum atomic E-state index is 6.09. The molecular weight excluding hydrogens is 222 g/mol. The molecule has 0 bridgehead atoms. The van der Waals surface area contributed by atoms with Crippen LogP contribution in [0.3, 0.4) is 0 Å². The van der Waals surface area contributed by atoms with Crippen LogP contribution in [0.25, 0.3) is 0 Å². The molecule has 1 unspecified atom stereocenters. The molecule has 16 heavy (non-hydrogen) atoms. The summed E-state index contributed by atoms with van der Waals surface area (Å²) in [4.78, 5) is 0. The predicted molar refractivity (Wildman–Crippen MR) is 68.6 cm³/mol. The highest BCUT2D eigenvalue weighted by molar-refractivity contribution is 6.32. The number of fused-ring (bicyclic) bond motifs is 1. The molecule has 3 heteroatoms. The van der Waals surface area contributed by atoms with Gasteiger partial charge in [0.1, 0.15) is 5.75 Å². The Bertz CT molecular complexity index is 378. The Balaban J connectivity index is 2.23. The first-order chi connectivity index (χ1) is 7.74. The number of hydrogen-bond donors (Lipinski definition) is 1. The van der Waals surface area contributed by atoms with E-state index in [1.165, 1.54) is 18.4 Å². The summed E-state index contributed by atoms with van der Waals surface area (Å²) in [7, 11) is 1.66. The third-order valence-electron chi connectivity index (χ3n) is 3.16. The third kappa shape index (κ3) is 2.27. The minimum atomic E-state index is 0.683. The van der Waals surface area contributed by atoms with Gasteiger partial charge in [-0.3, -0.25) is 0 Å². The first kappa shape index (κ1) is 11.6. The Hall–Kier alpha value is -0.890. The lowest BCUT2D eigenvalue weighted by Crippen LogP contribution is -2.23. The van der Waals surface area contributed by atoms with Crippen molar-refractivity contribution < 1.29 is 4.74 Å². The maximum absolute atomic E-state index is 6.09. The molecule has 1 aliphatic heterocycles. The number of nitrogens with one attached hydrogen (secondary N) is 1. The molecular formula is C13H18ClNO. The molecule has 2 rings (SSSR count). The molecule has 0 radical (unpaired) electrons. The van der Waals surface area contributed by atoms with Crippen molar-refractivity contribution >= 4 is 17.3 Å². The first-order valence-corrected chi connectivity index (χ1v) is 6.22. The molecule has 0 saturated heterocycles. The Morgan fingerprint density at radius 1 is 1.50 bits per heavy atom. The summed E-state index contributed by atoms with van der Waals surface area (Å²) in [5.74, 6) is 1.52. The van der Waals surface area contributed by atoms with Gasteiger partial charge in [-0.2, -0.15) is 0 Å². The number of methoxy groups -OCH3 is 1. The van der Waals surface area contributed by atoms with Crippen molar-refractivity contribution in [3.05, 3.63) is 22.7 Å². The summed E-state index contributed by atoms with van der Waals surface area (Å²) >= 11 is 6.09. The van der Waals surface area contributed by atoms with Gasteiger partial charge < -0.3 is 10.1 Å². The predicted octanol–water partition coefficient (Wildman–Crippen LogP) is 3.73. The van der Waals surface area contributed by atoms with Gasteiger partial charge in [0.05, 0.1) is 12.1 Å². The fraction of sp³-hybridized carbons (Fsp3) is 0.538. The molecule has 0 amide bonds. The summed E-state index contributed by atoms with van der Waals surface area (Å²) in [5, 5.41) is 4.13. The molecule has 0 spiro atoms. The van der Waals surface area contributed by atoms with Gasteiger partial charge in [0.25, 0.3) is 0 Å². The van der Waals surface area contributed by atoms with E-state index in [0.29, 0.717) is 5.02 Å². The lowest BCUT2D eigenvalue weighted by atomic mass is 9.90. The van der Waals surface area contributed by atoms with E-state index in [0.717, 1.165) is 30.3 Å². The van der Waals surface area contributed by atoms with Crippen LogP contribution >= 0.6 is 11.6 Å². The van der Waals surface area contributed by atoms with Crippen LogP contribution in [0.4, 0.5) is 5.69 Å². The van der Waals surface area contributed by atoms with E-state index in [4.69, 9.17) is 16.3 Å². The Kier molecular flexibility index (Phi) is 3.59. The summed E-state index contributed by atoms with van der Waals surface area (Å²) in [6.45, 7) is 3.29. The summed E-state index contributed by atoms with van der Waals surface area (Å²) in [6.07, 6.45) is 3.65. The van der Waals surface area contributed by atoms with Gasteiger partial charge in [-0.1, -0.05) is 24.9 Å². The number of ether oxygens (including phenoxy) is 1. The van der Waals surface area contributed by atoms with Gasteiger partial charge in [-0.05, 0) is 36.5 Å². The van der Waals surface area contributed by atoms with Crippen LogP contribution in [0.2, 0.25) is 5.02 Å². The molecule has 1 heterocycles. The molecule has 0 saturated carbocycles. The zero-order valence-corrected chi connectivity index (χ0v) is 10.6. The molecule has 0 aliphatic carbocycles. The molecule has 1 N–H and O–H groups in total. The van der Waals surface area contributed by atoms with E-state index in [9.17, 15) is 0 Å². The molecule has 1 aromatic carbocycles. The van der Waals surface area contributed by atoms with Crippen LogP contribution in [-0.2, 0) is 6.42 Å². The zero-order chi connectivity index (χ0) is 11.5. The van der Waals surface area contributed by atoms with Crippen LogP contribution in [0.1, 0.15) is 25.3 Å². The van der Waals surface area contributed by atoms with Gasteiger partial charge >= 0.3 is 0 Å². The zero-order valence-electron chi connectivity index (χ0n) is 9.85. The lowest BCUT2D eigenvalue weighted by molar-refractivity contribution is 0.413. The Labute approximate surface area is 102 Å². The second-order valence-corrected chi connectivity index (χ2v) is 4.79. The highest BCUT2D eigenvalue weighted by Crippen LogP contribution is 2.35. The number of anilines is 1. The van der Waals surface area contributed by atoms with Gasteiger partial charge in [0.15, 0.2) is 0 Å². The average Bonchev–Trinajstić information content (AvgIpc) is 2.29. The van der Waals surface area contributed by atoms with Crippen molar-refractivity contribution in [2.45, 2.75) is 26.2 Å². The second-order valence-electron chi connectivity index (χ2n) is 4.38. The quantitative estimate of drug-likeness (QED) is 0.868. The minimum Gasteiger partial charge on any atom is -0.495 e. The highest BCUT2D eigenvalue weighted by atomic mass is 35.5. The van der Waals surface area contributed by atoms with Crippen LogP contribution in [0.5, 0.6) is 5.75 Å². The summed E-state index contributed by atoms with van der Waals surface area (Å²) in [5.41, 5.74) is 2.49. The largest absolute Gasteiger partial charge is 0.495 e. The van der Waals surface area contributed by atoms with Crippen LogP contribution in [-0.4, -0.2) is 13.7 Å². The summed E-state index contributed by atoms with van der Waals surface area (Å²) < 4.78 is 5.25. The minimum absolute atomic E-state index is 0.683. The standard InChI is InChI=1S/C13H18ClNO/c1-3-4-9-5-10-6-13(16-2)11(14)7-12(10)15-8-9/h6-7,9,15H,3-5,8H2,1-2H3. The van der Waals surface area contributed by atoms with E-state index in [1.54, 1.807) is 7.11 Å². The number of hydrogen-bond acceptors (Lipinski definition) is 2. The Morgan fingerprint density at radius 3 is 3.00 bits per heavy atom. The summed E-state index contributed by atoms with van der Waals surface area (Å²) in [6, 6.07) is 4.03. The van der Waals surface area contributed by atoms with Crippen molar-refractivity contribution in [2.75, 3.05) is 19.0 Å². The number of benzene rings is 1. The van der Waals surface area contributed by atoms with E-state index < -0.39 is 0 Å². The van der Waals surface area contributed by atoms with Crippen molar-refractivity contribution in [1.82, 2.24) is 0 Å². The molecule has 0 aromatic heterocycles. The second kappa shape index (κ2) is 4.96. The van der Waals surface area contributed by atoms with Gasteiger partial charge in [0.2, 0.25) is 0 Å². The number of halogens is 1. The molecule has 1 atom stereocenters. The normalized spacial score (nSPS) is 18.8. The van der Waals surface area contributed by atoms with E-state index in [1.807, 2.05) is 6.07 Å². The lowest BCUT2D eigenvalue weighted by Gasteiger charge is -2.26. The topological polar surface area (TPSA) is 21.3 Å². The number of rotatable bonds is 3. The maximum Gasteiger partial charge on any atom is 0.137 e. The third-order valence-corrected chi connectivity index (χ3v) is 3.46. The van der Waals surface area contributed by atoms with Crippen molar-refractivity contribution in [3.63, 3.8) is 0 Å². The van der Waals surface area contributed by atoms with Crippen molar-refractivity contribution in [2.24, 2.45) is 5.92 Å². The van der Waals surface area contributed by atoms with E-state index in [-0.39, 0.29) is 0 Å². The van der Waals surface area contributed by atoms with Crippen LogP contribution < -0.4 is 10.1 Å². The van der Waals surface area contributed by atoms with Gasteiger partial charge in [-0.15, -0.1) is 0 Å². The molecule has 0 fully saturated rings. The van der Waals surface area contributed by atoms with Crippen LogP contribution in [0, 0.1) is 5.92 Å². The fourth-order valence-corrected chi connectivity index (χ4v) is 2.58. The molecule has 2 nitrogen and oxygen atoms in total. The SMILES string of the molecule is CCCC1CNc2cc(Cl)c(OC)cc2C1. The smallest absolute Gasteiger partial charge is 0.137 e. The van der Waals surface area contributed by atoms with Gasteiger partial charge in [-0.25, -0.2) is 0 Å². The van der Waals surface area contributed by atoms with Crippen molar-refractivity contribution in [3.8, 4) is 5.75 Å². The van der Waals surface area contributed by atoms with E-state index in [2.05, 4.69) is 18.3 Å². The fourth-order valence-electron chi connectivity index (χ4n) is 2.34. The Morgan fingerprint density at radius 2 is 2.31 bits per heavy atom. The highest BCUT2D eigenvalue weighted by Gasteiger charge is 2.19. The van der Waals surface area contributed by atoms with Crippen LogP contribution in [0.15, 0.2) is 12.1 Å².